The van der Waals surface area contributed by atoms with Crippen LogP contribution in [0.4, 0.5) is 16.0 Å². The molecule has 0 bridgehead atoms. The second-order valence-corrected chi connectivity index (χ2v) is 9.14. The molecule has 7 nitrogen and oxygen atoms in total. The van der Waals surface area contributed by atoms with Gasteiger partial charge in [-0.15, -0.1) is 5.10 Å². The van der Waals surface area contributed by atoms with Crippen LogP contribution in [0.1, 0.15) is 24.1 Å². The van der Waals surface area contributed by atoms with Crippen LogP contribution in [-0.4, -0.2) is 27.8 Å². The van der Waals surface area contributed by atoms with E-state index in [1.54, 1.807) is 30.0 Å². The van der Waals surface area contributed by atoms with Crippen molar-refractivity contribution >= 4 is 29.3 Å². The molecule has 5 rings (SSSR count). The zero-order valence-electron chi connectivity index (χ0n) is 19.7. The number of rotatable bonds is 7. The van der Waals surface area contributed by atoms with E-state index >= 15 is 0 Å². The van der Waals surface area contributed by atoms with E-state index in [0.29, 0.717) is 45.1 Å². The van der Waals surface area contributed by atoms with E-state index < -0.39 is 6.04 Å². The number of allylic oxidation sites excluding steroid dienone is 1. The average Bonchev–Trinajstić information content (AvgIpc) is 3.30. The van der Waals surface area contributed by atoms with E-state index in [0.717, 1.165) is 5.56 Å². The van der Waals surface area contributed by atoms with Crippen molar-refractivity contribution < 1.29 is 13.9 Å². The summed E-state index contributed by atoms with van der Waals surface area (Å²) in [6, 6.07) is 23.0. The second-order valence-electron chi connectivity index (χ2n) is 8.20. The number of hydrogen-bond acceptors (Lipinski definition) is 6. The van der Waals surface area contributed by atoms with Gasteiger partial charge in [-0.2, -0.15) is 4.98 Å². The number of para-hydroxylation sites is 1. The van der Waals surface area contributed by atoms with Crippen LogP contribution in [0.5, 0.6) is 5.75 Å². The zero-order valence-corrected chi connectivity index (χ0v) is 20.6. The molecule has 0 radical (unpaired) electrons. The minimum Gasteiger partial charge on any atom is -0.497 e. The van der Waals surface area contributed by atoms with Gasteiger partial charge in [0.15, 0.2) is 0 Å². The van der Waals surface area contributed by atoms with E-state index in [1.165, 1.54) is 17.8 Å². The number of carbonyl (C=O) groups is 1. The number of amides is 1. The average molecular weight is 502 g/mol. The maximum atomic E-state index is 14.1. The number of halogens is 1. The summed E-state index contributed by atoms with van der Waals surface area (Å²) in [7, 11) is 1.61. The number of nitrogens with zero attached hydrogens (tertiary/aromatic N) is 3. The minimum absolute atomic E-state index is 0.242. The van der Waals surface area contributed by atoms with Crippen molar-refractivity contribution in [2.24, 2.45) is 0 Å². The van der Waals surface area contributed by atoms with Crippen LogP contribution in [0.15, 0.2) is 95.3 Å². The topological polar surface area (TPSA) is 81.1 Å². The number of nitrogens with one attached hydrogen (secondary N) is 2. The van der Waals surface area contributed by atoms with Gasteiger partial charge in [-0.05, 0) is 48.4 Å². The molecule has 0 saturated heterocycles. The fourth-order valence-corrected chi connectivity index (χ4v) is 4.87. The summed E-state index contributed by atoms with van der Waals surface area (Å²) in [5, 5.41) is 11.4. The van der Waals surface area contributed by atoms with Crippen LogP contribution in [0.2, 0.25) is 0 Å². The lowest BCUT2D eigenvalue weighted by Crippen LogP contribution is -2.31. The summed E-state index contributed by atoms with van der Waals surface area (Å²) in [6.07, 6.45) is 0. The SMILES string of the molecule is COc1ccc(C2C(C(=O)Nc3ccccc3)=C(C)Nc3nc(SCc4ccccc4F)nn32)cc1. The molecule has 0 fully saturated rings. The fraction of sp³-hybridized carbons (Fsp3) is 0.148. The van der Waals surface area contributed by atoms with Gasteiger partial charge in [-0.3, -0.25) is 4.79 Å². The molecule has 1 atom stereocenters. The van der Waals surface area contributed by atoms with Crippen molar-refractivity contribution in [1.82, 2.24) is 14.8 Å². The van der Waals surface area contributed by atoms with Crippen LogP contribution in [0, 0.1) is 5.82 Å². The molecule has 1 aliphatic rings. The van der Waals surface area contributed by atoms with Crippen molar-refractivity contribution in [3.63, 3.8) is 0 Å². The molecule has 36 heavy (non-hydrogen) atoms. The predicted molar refractivity (Wildman–Crippen MR) is 139 cm³/mol. The molecule has 9 heteroatoms. The Bertz CT molecular complexity index is 1420. The minimum atomic E-state index is -0.522. The predicted octanol–water partition coefficient (Wildman–Crippen LogP) is 5.65. The highest BCUT2D eigenvalue weighted by atomic mass is 32.2. The van der Waals surface area contributed by atoms with Gasteiger partial charge in [0.2, 0.25) is 11.1 Å². The van der Waals surface area contributed by atoms with Gasteiger partial charge >= 0.3 is 0 Å². The molecule has 2 N–H and O–H groups in total. The largest absolute Gasteiger partial charge is 0.497 e. The highest BCUT2D eigenvalue weighted by molar-refractivity contribution is 7.98. The van der Waals surface area contributed by atoms with Gasteiger partial charge in [-0.25, -0.2) is 9.07 Å². The first-order chi connectivity index (χ1) is 17.5. The Morgan fingerprint density at radius 2 is 1.81 bits per heavy atom. The molecule has 182 valence electrons. The molecule has 1 aromatic heterocycles. The first-order valence-corrected chi connectivity index (χ1v) is 12.3. The van der Waals surface area contributed by atoms with E-state index in [2.05, 4.69) is 15.6 Å². The molecule has 2 heterocycles. The first-order valence-electron chi connectivity index (χ1n) is 11.3. The summed E-state index contributed by atoms with van der Waals surface area (Å²) in [6.45, 7) is 1.85. The molecule has 1 unspecified atom stereocenters. The summed E-state index contributed by atoms with van der Waals surface area (Å²) < 4.78 is 21.1. The standard InChI is InChI=1S/C27H24FN5O2S/c1-17-23(25(34)30-20-9-4-3-5-10-20)24(18-12-14-21(35-2)15-13-18)33-26(29-17)31-27(32-33)36-16-19-8-6-7-11-22(19)28/h3-15,24H,16H2,1-2H3,(H,30,34)(H,29,31,32). The molecule has 1 amide bonds. The van der Waals surface area contributed by atoms with Gasteiger partial charge in [0.05, 0.1) is 12.7 Å². The zero-order chi connectivity index (χ0) is 25.1. The molecule has 4 aromatic rings. The molecular formula is C27H24FN5O2S. The normalized spacial score (nSPS) is 14.7. The maximum Gasteiger partial charge on any atom is 0.255 e. The van der Waals surface area contributed by atoms with Crippen molar-refractivity contribution in [1.29, 1.82) is 0 Å². The fourth-order valence-electron chi connectivity index (χ4n) is 4.06. The summed E-state index contributed by atoms with van der Waals surface area (Å²) >= 11 is 1.34. The van der Waals surface area contributed by atoms with E-state index in [-0.39, 0.29) is 11.7 Å². The Kier molecular flexibility index (Phi) is 6.73. The Hall–Kier alpha value is -4.11. The molecule has 0 spiro atoms. The number of ether oxygens (including phenoxy) is 1. The number of carbonyl (C=O) groups excluding carboxylic acids is 1. The van der Waals surface area contributed by atoms with Crippen LogP contribution in [0.3, 0.4) is 0 Å². The van der Waals surface area contributed by atoms with E-state index in [1.807, 2.05) is 61.5 Å². The van der Waals surface area contributed by atoms with Gasteiger partial charge < -0.3 is 15.4 Å². The van der Waals surface area contributed by atoms with E-state index in [4.69, 9.17) is 9.84 Å². The number of hydrogen-bond donors (Lipinski definition) is 2. The lowest BCUT2D eigenvalue weighted by Gasteiger charge is -2.28. The van der Waals surface area contributed by atoms with Gasteiger partial charge in [0.25, 0.3) is 5.91 Å². The van der Waals surface area contributed by atoms with Crippen molar-refractivity contribution in [3.05, 3.63) is 107 Å². The number of benzene rings is 3. The Labute approximate surface area is 212 Å². The third kappa shape index (κ3) is 4.83. The molecule has 0 aliphatic carbocycles. The first kappa shape index (κ1) is 23.6. The van der Waals surface area contributed by atoms with Crippen LogP contribution >= 0.6 is 11.8 Å². The van der Waals surface area contributed by atoms with Crippen LogP contribution in [-0.2, 0) is 10.5 Å². The van der Waals surface area contributed by atoms with Gasteiger partial charge in [0.1, 0.15) is 17.6 Å². The smallest absolute Gasteiger partial charge is 0.255 e. The highest BCUT2D eigenvalue weighted by Gasteiger charge is 2.34. The Morgan fingerprint density at radius 1 is 1.08 bits per heavy atom. The molecule has 3 aromatic carbocycles. The third-order valence-electron chi connectivity index (χ3n) is 5.86. The van der Waals surface area contributed by atoms with Gasteiger partial charge in [-0.1, -0.05) is 60.3 Å². The number of anilines is 2. The Balaban J connectivity index is 1.49. The number of methoxy groups -OCH3 is 1. The van der Waals surface area contributed by atoms with Crippen molar-refractivity contribution in [3.8, 4) is 5.75 Å². The monoisotopic (exact) mass is 501 g/mol. The van der Waals surface area contributed by atoms with Crippen molar-refractivity contribution in [2.75, 3.05) is 17.7 Å². The molecule has 0 saturated carbocycles. The summed E-state index contributed by atoms with van der Waals surface area (Å²) in [5.74, 6) is 1.11. The quantitative estimate of drug-likeness (QED) is 0.319. The second kappa shape index (κ2) is 10.2. The Morgan fingerprint density at radius 3 is 2.53 bits per heavy atom. The number of fused-ring (bicyclic) bond motifs is 1. The summed E-state index contributed by atoms with van der Waals surface area (Å²) in [5.41, 5.74) is 3.32. The number of thioether (sulfide) groups is 1. The molecule has 1 aliphatic heterocycles. The van der Waals surface area contributed by atoms with E-state index in [9.17, 15) is 9.18 Å². The van der Waals surface area contributed by atoms with Crippen molar-refractivity contribution in [2.45, 2.75) is 23.9 Å². The number of aromatic nitrogens is 3. The third-order valence-corrected chi connectivity index (χ3v) is 6.74. The lowest BCUT2D eigenvalue weighted by atomic mass is 9.95. The van der Waals surface area contributed by atoms with Crippen LogP contribution in [0.25, 0.3) is 0 Å². The summed E-state index contributed by atoms with van der Waals surface area (Å²) in [4.78, 5) is 18.1. The van der Waals surface area contributed by atoms with Gasteiger partial charge in [0, 0.05) is 17.1 Å². The molecular weight excluding hydrogens is 477 g/mol. The highest BCUT2D eigenvalue weighted by Crippen LogP contribution is 2.37. The van der Waals surface area contributed by atoms with Crippen LogP contribution < -0.4 is 15.4 Å². The lowest BCUT2D eigenvalue weighted by molar-refractivity contribution is -0.113. The maximum absolute atomic E-state index is 14.1.